The predicted molar refractivity (Wildman–Crippen MR) is 90.7 cm³/mol. The van der Waals surface area contributed by atoms with Crippen LogP contribution in [0.4, 0.5) is 0 Å². The molecule has 2 aromatic rings. The van der Waals surface area contributed by atoms with Gasteiger partial charge in [0.15, 0.2) is 0 Å². The van der Waals surface area contributed by atoms with Crippen molar-refractivity contribution < 1.29 is 9.47 Å². The summed E-state index contributed by atoms with van der Waals surface area (Å²) in [5, 5.41) is 0. The Balaban J connectivity index is 2.42. The molecule has 0 saturated heterocycles. The van der Waals surface area contributed by atoms with Crippen molar-refractivity contribution in [1.29, 1.82) is 0 Å². The van der Waals surface area contributed by atoms with Crippen LogP contribution in [0.3, 0.4) is 0 Å². The summed E-state index contributed by atoms with van der Waals surface area (Å²) in [6, 6.07) is 13.8. The fourth-order valence-electron chi connectivity index (χ4n) is 2.54. The third kappa shape index (κ3) is 3.25. The van der Waals surface area contributed by atoms with Gasteiger partial charge in [0.2, 0.25) is 0 Å². The molecule has 0 saturated carbocycles. The SMILES string of the molecule is COc1cccc(OC)c1C(N)c1ccc(C(C)(C)C)cc1. The van der Waals surface area contributed by atoms with Gasteiger partial charge in [-0.05, 0) is 28.7 Å². The van der Waals surface area contributed by atoms with Crippen LogP contribution in [0.25, 0.3) is 0 Å². The van der Waals surface area contributed by atoms with Crippen LogP contribution in [0.15, 0.2) is 42.5 Å². The Morgan fingerprint density at radius 2 is 1.36 bits per heavy atom. The average Bonchev–Trinajstić information content (AvgIpc) is 2.52. The molecule has 0 radical (unpaired) electrons. The fourth-order valence-corrected chi connectivity index (χ4v) is 2.54. The maximum Gasteiger partial charge on any atom is 0.127 e. The lowest BCUT2D eigenvalue weighted by molar-refractivity contribution is 0.382. The number of benzene rings is 2. The van der Waals surface area contributed by atoms with Crippen LogP contribution in [0.1, 0.15) is 43.5 Å². The zero-order valence-corrected chi connectivity index (χ0v) is 14.0. The van der Waals surface area contributed by atoms with Crippen LogP contribution in [0, 0.1) is 0 Å². The van der Waals surface area contributed by atoms with Gasteiger partial charge in [-0.3, -0.25) is 0 Å². The van der Waals surface area contributed by atoms with Gasteiger partial charge in [-0.2, -0.15) is 0 Å². The zero-order chi connectivity index (χ0) is 16.3. The van der Waals surface area contributed by atoms with Gasteiger partial charge < -0.3 is 15.2 Å². The molecule has 118 valence electrons. The van der Waals surface area contributed by atoms with Crippen molar-refractivity contribution in [3.63, 3.8) is 0 Å². The van der Waals surface area contributed by atoms with Crippen molar-refractivity contribution in [3.8, 4) is 11.5 Å². The van der Waals surface area contributed by atoms with Gasteiger partial charge in [0, 0.05) is 0 Å². The van der Waals surface area contributed by atoms with Crippen LogP contribution < -0.4 is 15.2 Å². The van der Waals surface area contributed by atoms with E-state index in [-0.39, 0.29) is 11.5 Å². The second kappa shape index (κ2) is 6.41. The van der Waals surface area contributed by atoms with E-state index in [0.29, 0.717) is 0 Å². The first kappa shape index (κ1) is 16.4. The van der Waals surface area contributed by atoms with Crippen LogP contribution >= 0.6 is 0 Å². The molecule has 0 aliphatic carbocycles. The molecular formula is C19H25NO2. The normalized spacial score (nSPS) is 12.8. The highest BCUT2D eigenvalue weighted by molar-refractivity contribution is 5.50. The number of ether oxygens (including phenoxy) is 2. The maximum atomic E-state index is 6.47. The predicted octanol–water partition coefficient (Wildman–Crippen LogP) is 4.05. The third-order valence-electron chi connectivity index (χ3n) is 3.91. The van der Waals surface area contributed by atoms with Gasteiger partial charge in [-0.25, -0.2) is 0 Å². The average molecular weight is 299 g/mol. The van der Waals surface area contributed by atoms with E-state index in [1.54, 1.807) is 14.2 Å². The van der Waals surface area contributed by atoms with E-state index in [1.807, 2.05) is 18.2 Å². The van der Waals surface area contributed by atoms with E-state index in [4.69, 9.17) is 15.2 Å². The molecule has 2 aromatic carbocycles. The molecular weight excluding hydrogens is 274 g/mol. The molecule has 0 aliphatic rings. The lowest BCUT2D eigenvalue weighted by Gasteiger charge is -2.22. The maximum absolute atomic E-state index is 6.47. The molecule has 3 nitrogen and oxygen atoms in total. The highest BCUT2D eigenvalue weighted by Crippen LogP contribution is 2.36. The molecule has 0 spiro atoms. The van der Waals surface area contributed by atoms with E-state index in [9.17, 15) is 0 Å². The quantitative estimate of drug-likeness (QED) is 0.926. The number of hydrogen-bond donors (Lipinski definition) is 1. The zero-order valence-electron chi connectivity index (χ0n) is 14.0. The number of nitrogens with two attached hydrogens (primary N) is 1. The van der Waals surface area contributed by atoms with Crippen LogP contribution in [0.2, 0.25) is 0 Å². The molecule has 22 heavy (non-hydrogen) atoms. The summed E-state index contributed by atoms with van der Waals surface area (Å²) in [6.45, 7) is 6.60. The van der Waals surface area contributed by atoms with E-state index in [0.717, 1.165) is 22.6 Å². The molecule has 3 heteroatoms. The highest BCUT2D eigenvalue weighted by Gasteiger charge is 2.20. The first-order valence-corrected chi connectivity index (χ1v) is 7.45. The van der Waals surface area contributed by atoms with Crippen molar-refractivity contribution in [2.75, 3.05) is 14.2 Å². The second-order valence-corrected chi connectivity index (χ2v) is 6.43. The monoisotopic (exact) mass is 299 g/mol. The minimum absolute atomic E-state index is 0.130. The standard InChI is InChI=1S/C19H25NO2/c1-19(2,3)14-11-9-13(10-12-14)18(20)17-15(21-4)7-6-8-16(17)22-5/h6-12,18H,20H2,1-5H3. The second-order valence-electron chi connectivity index (χ2n) is 6.43. The van der Waals surface area contributed by atoms with Crippen molar-refractivity contribution in [1.82, 2.24) is 0 Å². The third-order valence-corrected chi connectivity index (χ3v) is 3.91. The molecule has 2 rings (SSSR count). The van der Waals surface area contributed by atoms with Gasteiger partial charge >= 0.3 is 0 Å². The summed E-state index contributed by atoms with van der Waals surface area (Å²) < 4.78 is 10.9. The highest BCUT2D eigenvalue weighted by atomic mass is 16.5. The molecule has 0 fully saturated rings. The summed E-state index contributed by atoms with van der Waals surface area (Å²) >= 11 is 0. The smallest absolute Gasteiger partial charge is 0.127 e. The molecule has 0 amide bonds. The van der Waals surface area contributed by atoms with Crippen molar-refractivity contribution in [3.05, 3.63) is 59.2 Å². The van der Waals surface area contributed by atoms with Crippen LogP contribution in [-0.4, -0.2) is 14.2 Å². The topological polar surface area (TPSA) is 44.5 Å². The molecule has 0 aliphatic heterocycles. The minimum atomic E-state index is -0.292. The fraction of sp³-hybridized carbons (Fsp3) is 0.368. The van der Waals surface area contributed by atoms with Gasteiger partial charge in [-0.1, -0.05) is 51.1 Å². The van der Waals surface area contributed by atoms with Gasteiger partial charge in [0.25, 0.3) is 0 Å². The minimum Gasteiger partial charge on any atom is -0.496 e. The first-order valence-electron chi connectivity index (χ1n) is 7.45. The molecule has 0 aromatic heterocycles. The number of methoxy groups -OCH3 is 2. The summed E-state index contributed by atoms with van der Waals surface area (Å²) in [5.41, 5.74) is 9.79. The molecule has 2 N–H and O–H groups in total. The Hall–Kier alpha value is -2.00. The molecule has 1 atom stereocenters. The summed E-state index contributed by atoms with van der Waals surface area (Å²) in [5.74, 6) is 1.48. The van der Waals surface area contributed by atoms with Crippen molar-refractivity contribution >= 4 is 0 Å². The number of hydrogen-bond acceptors (Lipinski definition) is 3. The first-order chi connectivity index (χ1) is 10.4. The van der Waals surface area contributed by atoms with Gasteiger partial charge in [-0.15, -0.1) is 0 Å². The summed E-state index contributed by atoms with van der Waals surface area (Å²) in [6.07, 6.45) is 0. The lowest BCUT2D eigenvalue weighted by atomic mass is 9.85. The van der Waals surface area contributed by atoms with E-state index in [1.165, 1.54) is 5.56 Å². The van der Waals surface area contributed by atoms with Crippen LogP contribution in [-0.2, 0) is 5.41 Å². The summed E-state index contributed by atoms with van der Waals surface area (Å²) in [7, 11) is 3.29. The Labute approximate surface area is 133 Å². The van der Waals surface area contributed by atoms with E-state index >= 15 is 0 Å². The van der Waals surface area contributed by atoms with Crippen molar-refractivity contribution in [2.24, 2.45) is 5.73 Å². The molecule has 0 bridgehead atoms. The van der Waals surface area contributed by atoms with Gasteiger partial charge in [0.05, 0.1) is 25.8 Å². The Morgan fingerprint density at radius 3 is 1.77 bits per heavy atom. The Bertz CT molecular complexity index is 605. The number of rotatable bonds is 4. The largest absolute Gasteiger partial charge is 0.496 e. The van der Waals surface area contributed by atoms with E-state index < -0.39 is 0 Å². The molecule has 1 unspecified atom stereocenters. The Morgan fingerprint density at radius 1 is 0.864 bits per heavy atom. The summed E-state index contributed by atoms with van der Waals surface area (Å²) in [4.78, 5) is 0. The molecule has 0 heterocycles. The van der Waals surface area contributed by atoms with Crippen molar-refractivity contribution in [2.45, 2.75) is 32.2 Å². The van der Waals surface area contributed by atoms with E-state index in [2.05, 4.69) is 45.0 Å². The Kier molecular flexibility index (Phi) is 4.77. The van der Waals surface area contributed by atoms with Crippen LogP contribution in [0.5, 0.6) is 11.5 Å². The van der Waals surface area contributed by atoms with Gasteiger partial charge in [0.1, 0.15) is 11.5 Å². The lowest BCUT2D eigenvalue weighted by Crippen LogP contribution is -2.16.